The lowest BCUT2D eigenvalue weighted by atomic mass is 10.1. The van der Waals surface area contributed by atoms with E-state index in [4.69, 9.17) is 0 Å². The zero-order valence-corrected chi connectivity index (χ0v) is 13.1. The van der Waals surface area contributed by atoms with Gasteiger partial charge < -0.3 is 5.32 Å². The van der Waals surface area contributed by atoms with Crippen LogP contribution in [0.4, 0.5) is 0 Å². The Hall–Kier alpha value is -2.70. The molecule has 0 aliphatic heterocycles. The van der Waals surface area contributed by atoms with E-state index in [-0.39, 0.29) is 5.91 Å². The number of nitrogens with one attached hydrogen (secondary N) is 1. The molecule has 0 saturated heterocycles. The van der Waals surface area contributed by atoms with E-state index in [2.05, 4.69) is 20.5 Å². The molecule has 0 aromatic carbocycles. The summed E-state index contributed by atoms with van der Waals surface area (Å²) in [4.78, 5) is 16.9. The van der Waals surface area contributed by atoms with Gasteiger partial charge in [-0.2, -0.15) is 10.2 Å². The Labute approximate surface area is 128 Å². The molecule has 1 N–H and O–H groups in total. The zero-order chi connectivity index (χ0) is 15.9. The van der Waals surface area contributed by atoms with Crippen molar-refractivity contribution in [2.24, 2.45) is 14.1 Å². The number of aryl methyl sites for hydroxylation is 3. The molecule has 114 valence electrons. The van der Waals surface area contributed by atoms with E-state index in [9.17, 15) is 4.79 Å². The molecule has 3 heterocycles. The average Bonchev–Trinajstić information content (AvgIpc) is 3.01. The SMILES string of the molecule is Cc1cc(C(=O)NCc2cnn(C)c2C)c2cnn(C)c2n1. The van der Waals surface area contributed by atoms with Crippen molar-refractivity contribution in [1.29, 1.82) is 0 Å². The van der Waals surface area contributed by atoms with Crippen LogP contribution in [0, 0.1) is 13.8 Å². The summed E-state index contributed by atoms with van der Waals surface area (Å²) >= 11 is 0. The van der Waals surface area contributed by atoms with Gasteiger partial charge in [-0.15, -0.1) is 0 Å². The maximum atomic E-state index is 12.5. The fourth-order valence-electron chi connectivity index (χ4n) is 2.42. The zero-order valence-electron chi connectivity index (χ0n) is 13.1. The van der Waals surface area contributed by atoms with Gasteiger partial charge in [-0.1, -0.05) is 0 Å². The largest absolute Gasteiger partial charge is 0.348 e. The first-order valence-corrected chi connectivity index (χ1v) is 7.02. The Balaban J connectivity index is 1.88. The Morgan fingerprint density at radius 3 is 2.59 bits per heavy atom. The van der Waals surface area contributed by atoms with Gasteiger partial charge in [0.1, 0.15) is 0 Å². The molecule has 0 saturated carbocycles. The van der Waals surface area contributed by atoms with Crippen LogP contribution in [0.3, 0.4) is 0 Å². The molecule has 0 spiro atoms. The molecule has 7 nitrogen and oxygen atoms in total. The second-order valence-electron chi connectivity index (χ2n) is 5.38. The number of aromatic nitrogens is 5. The second-order valence-corrected chi connectivity index (χ2v) is 5.38. The molecule has 0 bridgehead atoms. The van der Waals surface area contributed by atoms with Crippen molar-refractivity contribution in [3.05, 3.63) is 41.0 Å². The Morgan fingerprint density at radius 1 is 1.18 bits per heavy atom. The summed E-state index contributed by atoms with van der Waals surface area (Å²) < 4.78 is 3.46. The molecule has 3 rings (SSSR count). The molecule has 0 aliphatic carbocycles. The lowest BCUT2D eigenvalue weighted by Crippen LogP contribution is -2.23. The van der Waals surface area contributed by atoms with Crippen molar-refractivity contribution >= 4 is 16.9 Å². The van der Waals surface area contributed by atoms with Crippen LogP contribution in [0.15, 0.2) is 18.5 Å². The molecule has 0 unspecified atom stereocenters. The molecule has 1 amide bonds. The van der Waals surface area contributed by atoms with E-state index in [1.54, 1.807) is 27.8 Å². The number of carbonyl (C=O) groups is 1. The van der Waals surface area contributed by atoms with Crippen molar-refractivity contribution in [2.75, 3.05) is 0 Å². The molecule has 0 fully saturated rings. The van der Waals surface area contributed by atoms with Gasteiger partial charge in [0.2, 0.25) is 0 Å². The highest BCUT2D eigenvalue weighted by Crippen LogP contribution is 2.17. The first-order chi connectivity index (χ1) is 10.5. The highest BCUT2D eigenvalue weighted by molar-refractivity contribution is 6.05. The van der Waals surface area contributed by atoms with Crippen molar-refractivity contribution < 1.29 is 4.79 Å². The fraction of sp³-hybridized carbons (Fsp3) is 0.333. The Kier molecular flexibility index (Phi) is 3.40. The van der Waals surface area contributed by atoms with Crippen LogP contribution >= 0.6 is 0 Å². The van der Waals surface area contributed by atoms with Crippen LogP contribution < -0.4 is 5.32 Å². The maximum Gasteiger partial charge on any atom is 0.252 e. The highest BCUT2D eigenvalue weighted by Gasteiger charge is 2.15. The van der Waals surface area contributed by atoms with Gasteiger partial charge in [0.15, 0.2) is 5.65 Å². The first kappa shape index (κ1) is 14.2. The minimum absolute atomic E-state index is 0.133. The molecule has 3 aromatic heterocycles. The van der Waals surface area contributed by atoms with E-state index in [0.29, 0.717) is 17.8 Å². The van der Waals surface area contributed by atoms with Crippen molar-refractivity contribution in [3.8, 4) is 0 Å². The predicted octanol–water partition coefficient (Wildman–Crippen LogP) is 1.25. The third-order valence-corrected chi connectivity index (χ3v) is 3.85. The summed E-state index contributed by atoms with van der Waals surface area (Å²) in [5, 5.41) is 12.1. The first-order valence-electron chi connectivity index (χ1n) is 7.02. The van der Waals surface area contributed by atoms with Crippen molar-refractivity contribution in [2.45, 2.75) is 20.4 Å². The number of carbonyl (C=O) groups excluding carboxylic acids is 1. The minimum atomic E-state index is -0.133. The van der Waals surface area contributed by atoms with Crippen LogP contribution in [0.2, 0.25) is 0 Å². The van der Waals surface area contributed by atoms with Crippen molar-refractivity contribution in [3.63, 3.8) is 0 Å². The number of hydrogen-bond donors (Lipinski definition) is 1. The van der Waals surface area contributed by atoms with Gasteiger partial charge in [-0.25, -0.2) is 4.98 Å². The number of pyridine rings is 1. The number of fused-ring (bicyclic) bond motifs is 1. The number of amides is 1. The van der Waals surface area contributed by atoms with Gasteiger partial charge in [0.05, 0.1) is 23.3 Å². The quantitative estimate of drug-likeness (QED) is 0.789. The van der Waals surface area contributed by atoms with E-state index >= 15 is 0 Å². The molecule has 0 aliphatic rings. The van der Waals surface area contributed by atoms with E-state index < -0.39 is 0 Å². The van der Waals surface area contributed by atoms with Crippen LogP contribution in [-0.4, -0.2) is 30.5 Å². The third kappa shape index (κ3) is 2.34. The summed E-state index contributed by atoms with van der Waals surface area (Å²) in [6, 6.07) is 1.79. The smallest absolute Gasteiger partial charge is 0.252 e. The molecule has 22 heavy (non-hydrogen) atoms. The summed E-state index contributed by atoms with van der Waals surface area (Å²) in [6.07, 6.45) is 3.44. The summed E-state index contributed by atoms with van der Waals surface area (Å²) in [5.74, 6) is -0.133. The summed E-state index contributed by atoms with van der Waals surface area (Å²) in [6.45, 7) is 4.29. The molecule has 0 radical (unpaired) electrons. The normalized spacial score (nSPS) is 11.1. The van der Waals surface area contributed by atoms with E-state index in [1.165, 1.54) is 0 Å². The molecular weight excluding hydrogens is 280 g/mol. The van der Waals surface area contributed by atoms with Crippen LogP contribution in [0.1, 0.15) is 27.3 Å². The monoisotopic (exact) mass is 298 g/mol. The lowest BCUT2D eigenvalue weighted by Gasteiger charge is -2.07. The number of rotatable bonds is 3. The predicted molar refractivity (Wildman–Crippen MR) is 82.4 cm³/mol. The van der Waals surface area contributed by atoms with Crippen LogP contribution in [0.25, 0.3) is 11.0 Å². The molecule has 3 aromatic rings. The average molecular weight is 298 g/mol. The second kappa shape index (κ2) is 5.25. The molecule has 0 atom stereocenters. The topological polar surface area (TPSA) is 77.6 Å². The van der Waals surface area contributed by atoms with E-state index in [0.717, 1.165) is 22.3 Å². The lowest BCUT2D eigenvalue weighted by molar-refractivity contribution is 0.0952. The van der Waals surface area contributed by atoms with Gasteiger partial charge in [0.25, 0.3) is 5.91 Å². The van der Waals surface area contributed by atoms with E-state index in [1.807, 2.05) is 27.9 Å². The maximum absolute atomic E-state index is 12.5. The minimum Gasteiger partial charge on any atom is -0.348 e. The number of nitrogens with zero attached hydrogens (tertiary/aromatic N) is 5. The molecular formula is C15H18N6O. The number of hydrogen-bond acceptors (Lipinski definition) is 4. The standard InChI is InChI=1S/C15H18N6O/c1-9-5-12(13-8-18-21(4)14(13)19-9)15(22)16-6-11-7-17-20(3)10(11)2/h5,7-8H,6H2,1-4H3,(H,16,22). The fourth-order valence-corrected chi connectivity index (χ4v) is 2.42. The van der Waals surface area contributed by atoms with Crippen LogP contribution in [-0.2, 0) is 20.6 Å². The van der Waals surface area contributed by atoms with Gasteiger partial charge in [0, 0.05) is 37.6 Å². The van der Waals surface area contributed by atoms with Gasteiger partial charge >= 0.3 is 0 Å². The van der Waals surface area contributed by atoms with Crippen molar-refractivity contribution in [1.82, 2.24) is 29.9 Å². The summed E-state index contributed by atoms with van der Waals surface area (Å²) in [7, 11) is 3.70. The molecule has 7 heteroatoms. The summed E-state index contributed by atoms with van der Waals surface area (Å²) in [5.41, 5.74) is 4.14. The Bertz CT molecular complexity index is 860. The van der Waals surface area contributed by atoms with Crippen LogP contribution in [0.5, 0.6) is 0 Å². The highest BCUT2D eigenvalue weighted by atomic mass is 16.1. The van der Waals surface area contributed by atoms with Gasteiger partial charge in [-0.3, -0.25) is 14.2 Å². The van der Waals surface area contributed by atoms with Gasteiger partial charge in [-0.05, 0) is 19.9 Å². The third-order valence-electron chi connectivity index (χ3n) is 3.85. The Morgan fingerprint density at radius 2 is 1.91 bits per heavy atom.